The van der Waals surface area contributed by atoms with E-state index in [1.807, 2.05) is 0 Å². The third-order valence-electron chi connectivity index (χ3n) is 1.73. The molecule has 0 amide bonds. The molecule has 80 valence electrons. The quantitative estimate of drug-likeness (QED) is 0.646. The van der Waals surface area contributed by atoms with E-state index in [1.165, 1.54) is 18.1 Å². The average Bonchev–Trinajstić information content (AvgIpc) is 2.59. The summed E-state index contributed by atoms with van der Waals surface area (Å²) in [6, 6.07) is 0. The number of H-pyrrole nitrogens is 2. The predicted octanol–water partition coefficient (Wildman–Crippen LogP) is 0.119. The normalized spacial score (nSPS) is 13.2. The van der Waals surface area contributed by atoms with E-state index in [4.69, 9.17) is 5.11 Å². The Bertz CT molecular complexity index is 519. The summed E-state index contributed by atoms with van der Waals surface area (Å²) in [5.74, 6) is 0.526. The summed E-state index contributed by atoms with van der Waals surface area (Å²) >= 11 is 1.35. The molecule has 0 fully saturated rings. The molecule has 0 aliphatic rings. The van der Waals surface area contributed by atoms with E-state index in [0.29, 0.717) is 22.1 Å². The van der Waals surface area contributed by atoms with E-state index in [1.54, 1.807) is 6.92 Å². The Morgan fingerprint density at radius 3 is 3.13 bits per heavy atom. The number of thioether (sulfide) groups is 1. The minimum absolute atomic E-state index is 0.239. The van der Waals surface area contributed by atoms with Crippen molar-refractivity contribution in [3.63, 3.8) is 0 Å². The number of imidazole rings is 1. The number of rotatable bonds is 3. The number of fused-ring (bicyclic) bond motifs is 1. The van der Waals surface area contributed by atoms with Gasteiger partial charge in [-0.3, -0.25) is 4.79 Å². The molecular weight excluding hydrogens is 216 g/mol. The Labute approximate surface area is 89.2 Å². The molecule has 2 aromatic rings. The van der Waals surface area contributed by atoms with Crippen molar-refractivity contribution >= 4 is 22.9 Å². The van der Waals surface area contributed by atoms with Crippen LogP contribution < -0.4 is 5.56 Å². The van der Waals surface area contributed by atoms with Crippen molar-refractivity contribution in [2.45, 2.75) is 18.2 Å². The molecule has 2 rings (SSSR count). The van der Waals surface area contributed by atoms with E-state index >= 15 is 0 Å². The van der Waals surface area contributed by atoms with Crippen LogP contribution in [0.15, 0.2) is 16.3 Å². The standard InChI is InChI=1S/C8H10N4O2S/c1-4(13)2-15-8-11-5-6(12-8)9-3-10-7(5)14/h3-4,13H,2H2,1H3,(H2,9,10,11,12,14)/t4-/m0/s1. The second-order valence-corrected chi connectivity index (χ2v) is 4.14. The highest BCUT2D eigenvalue weighted by Crippen LogP contribution is 2.16. The summed E-state index contributed by atoms with van der Waals surface area (Å²) < 4.78 is 0. The molecule has 2 aromatic heterocycles. The van der Waals surface area contributed by atoms with Crippen LogP contribution in [-0.2, 0) is 0 Å². The maximum Gasteiger partial charge on any atom is 0.276 e. The minimum atomic E-state index is -0.408. The molecule has 0 radical (unpaired) electrons. The lowest BCUT2D eigenvalue weighted by molar-refractivity contribution is 0.220. The maximum absolute atomic E-state index is 11.3. The van der Waals surface area contributed by atoms with Gasteiger partial charge in [-0.2, -0.15) is 0 Å². The van der Waals surface area contributed by atoms with Crippen molar-refractivity contribution in [2.75, 3.05) is 5.75 Å². The molecule has 2 heterocycles. The molecule has 0 aliphatic heterocycles. The Morgan fingerprint density at radius 2 is 2.47 bits per heavy atom. The first-order chi connectivity index (χ1) is 7.16. The van der Waals surface area contributed by atoms with Gasteiger partial charge in [0.15, 0.2) is 16.3 Å². The molecule has 15 heavy (non-hydrogen) atoms. The number of aromatic amines is 2. The Balaban J connectivity index is 2.31. The Kier molecular flexibility index (Phi) is 2.74. The molecule has 6 nitrogen and oxygen atoms in total. The smallest absolute Gasteiger partial charge is 0.276 e. The van der Waals surface area contributed by atoms with Gasteiger partial charge in [0.25, 0.3) is 5.56 Å². The topological polar surface area (TPSA) is 94.7 Å². The summed E-state index contributed by atoms with van der Waals surface area (Å²) in [6.45, 7) is 1.70. The molecule has 0 aromatic carbocycles. The van der Waals surface area contributed by atoms with Crippen molar-refractivity contribution in [1.29, 1.82) is 0 Å². The van der Waals surface area contributed by atoms with Gasteiger partial charge in [-0.1, -0.05) is 11.8 Å². The van der Waals surface area contributed by atoms with Gasteiger partial charge in [0, 0.05) is 5.75 Å². The summed E-state index contributed by atoms with van der Waals surface area (Å²) in [5.41, 5.74) is 0.522. The zero-order chi connectivity index (χ0) is 10.8. The van der Waals surface area contributed by atoms with Crippen molar-refractivity contribution in [3.05, 3.63) is 16.7 Å². The van der Waals surface area contributed by atoms with Gasteiger partial charge in [0.2, 0.25) is 0 Å². The van der Waals surface area contributed by atoms with Gasteiger partial charge >= 0.3 is 0 Å². The number of nitrogens with zero attached hydrogens (tertiary/aromatic N) is 2. The largest absolute Gasteiger partial charge is 0.393 e. The molecule has 3 N–H and O–H groups in total. The number of aromatic nitrogens is 4. The lowest BCUT2D eigenvalue weighted by Crippen LogP contribution is -2.05. The van der Waals surface area contributed by atoms with Crippen LogP contribution in [0.3, 0.4) is 0 Å². The first-order valence-electron chi connectivity index (χ1n) is 4.41. The zero-order valence-electron chi connectivity index (χ0n) is 8.02. The molecule has 0 aliphatic carbocycles. The van der Waals surface area contributed by atoms with Crippen LogP contribution in [0.25, 0.3) is 11.2 Å². The van der Waals surface area contributed by atoms with E-state index < -0.39 is 6.10 Å². The van der Waals surface area contributed by atoms with E-state index in [-0.39, 0.29) is 5.56 Å². The highest BCUT2D eigenvalue weighted by molar-refractivity contribution is 7.99. The molecule has 7 heteroatoms. The maximum atomic E-state index is 11.3. The van der Waals surface area contributed by atoms with Crippen LogP contribution in [0.4, 0.5) is 0 Å². The molecule has 1 atom stereocenters. The number of nitrogens with one attached hydrogen (secondary N) is 2. The van der Waals surface area contributed by atoms with Crippen LogP contribution in [0, 0.1) is 0 Å². The van der Waals surface area contributed by atoms with Gasteiger partial charge in [-0.15, -0.1) is 0 Å². The lowest BCUT2D eigenvalue weighted by atomic mass is 10.5. The van der Waals surface area contributed by atoms with Gasteiger partial charge in [0.05, 0.1) is 12.4 Å². The summed E-state index contributed by atoms with van der Waals surface area (Å²) in [7, 11) is 0. The van der Waals surface area contributed by atoms with Gasteiger partial charge in [0.1, 0.15) is 0 Å². The first kappa shape index (κ1) is 10.2. The molecule has 0 saturated heterocycles. The third kappa shape index (κ3) is 2.18. The van der Waals surface area contributed by atoms with Gasteiger partial charge in [-0.05, 0) is 6.92 Å². The zero-order valence-corrected chi connectivity index (χ0v) is 8.84. The second kappa shape index (κ2) is 4.03. The van der Waals surface area contributed by atoms with Crippen molar-refractivity contribution in [2.24, 2.45) is 0 Å². The Hall–Kier alpha value is -1.34. The lowest BCUT2D eigenvalue weighted by Gasteiger charge is -1.99. The van der Waals surface area contributed by atoms with Gasteiger partial charge < -0.3 is 15.1 Å². The van der Waals surface area contributed by atoms with Crippen LogP contribution in [-0.4, -0.2) is 36.9 Å². The minimum Gasteiger partial charge on any atom is -0.393 e. The molecule has 0 spiro atoms. The monoisotopic (exact) mass is 226 g/mol. The van der Waals surface area contributed by atoms with Crippen molar-refractivity contribution in [1.82, 2.24) is 19.9 Å². The number of aliphatic hydroxyl groups is 1. The fourth-order valence-corrected chi connectivity index (χ4v) is 1.81. The molecule has 0 unspecified atom stereocenters. The highest BCUT2D eigenvalue weighted by atomic mass is 32.2. The molecule has 0 bridgehead atoms. The summed E-state index contributed by atoms with van der Waals surface area (Å²) in [6.07, 6.45) is 0.906. The number of hydrogen-bond donors (Lipinski definition) is 3. The third-order valence-corrected chi connectivity index (χ3v) is 2.85. The van der Waals surface area contributed by atoms with Crippen LogP contribution >= 0.6 is 11.8 Å². The van der Waals surface area contributed by atoms with Crippen LogP contribution in [0.1, 0.15) is 6.92 Å². The summed E-state index contributed by atoms with van der Waals surface area (Å²) in [5, 5.41) is 9.69. The fourth-order valence-electron chi connectivity index (χ4n) is 1.09. The van der Waals surface area contributed by atoms with Crippen LogP contribution in [0.5, 0.6) is 0 Å². The molecular formula is C8H10N4O2S. The highest BCUT2D eigenvalue weighted by Gasteiger charge is 2.07. The van der Waals surface area contributed by atoms with Crippen molar-refractivity contribution < 1.29 is 5.11 Å². The van der Waals surface area contributed by atoms with E-state index in [9.17, 15) is 4.79 Å². The first-order valence-corrected chi connectivity index (χ1v) is 5.39. The number of aliphatic hydroxyl groups excluding tert-OH is 1. The predicted molar refractivity (Wildman–Crippen MR) is 56.9 cm³/mol. The SMILES string of the molecule is C[C@H](O)CSc1nc2nc[nH]c(=O)c2[nH]1. The average molecular weight is 226 g/mol. The number of hydrogen-bond acceptors (Lipinski definition) is 5. The van der Waals surface area contributed by atoms with E-state index in [2.05, 4.69) is 19.9 Å². The van der Waals surface area contributed by atoms with Crippen molar-refractivity contribution in [3.8, 4) is 0 Å². The fraction of sp³-hybridized carbons (Fsp3) is 0.375. The van der Waals surface area contributed by atoms with E-state index in [0.717, 1.165) is 0 Å². The Morgan fingerprint density at radius 1 is 1.67 bits per heavy atom. The van der Waals surface area contributed by atoms with Crippen LogP contribution in [0.2, 0.25) is 0 Å². The second-order valence-electron chi connectivity index (χ2n) is 3.13. The molecule has 0 saturated carbocycles. The summed E-state index contributed by atoms with van der Waals surface area (Å²) in [4.78, 5) is 24.6. The van der Waals surface area contributed by atoms with Gasteiger partial charge in [-0.25, -0.2) is 9.97 Å².